The van der Waals surface area contributed by atoms with E-state index >= 15 is 0 Å². The number of nitrogens with two attached hydrogens (primary N) is 1. The minimum absolute atomic E-state index is 0.343. The van der Waals surface area contributed by atoms with Gasteiger partial charge in [-0.05, 0) is 61.4 Å². The maximum atomic E-state index is 10.3. The van der Waals surface area contributed by atoms with Crippen molar-refractivity contribution in [3.63, 3.8) is 0 Å². The lowest BCUT2D eigenvalue weighted by Gasteiger charge is -2.14. The molecule has 2 aromatic rings. The number of nitrogen functional groups attached to an aromatic ring is 1. The summed E-state index contributed by atoms with van der Waals surface area (Å²) in [4.78, 5) is 4.33. The molecule has 1 aromatic heterocycles. The molecule has 172 valence electrons. The van der Waals surface area contributed by atoms with Crippen LogP contribution in [0.2, 0.25) is 10.0 Å². The first kappa shape index (κ1) is 26.2. The van der Waals surface area contributed by atoms with Crippen molar-refractivity contribution in [1.29, 1.82) is 0 Å². The van der Waals surface area contributed by atoms with Gasteiger partial charge in [-0.25, -0.2) is 0 Å². The van der Waals surface area contributed by atoms with E-state index in [9.17, 15) is 5.11 Å². The van der Waals surface area contributed by atoms with Crippen molar-refractivity contribution >= 4 is 40.7 Å². The van der Waals surface area contributed by atoms with Gasteiger partial charge in [-0.1, -0.05) is 42.1 Å². The Labute approximate surface area is 200 Å². The van der Waals surface area contributed by atoms with Crippen LogP contribution in [0.5, 0.6) is 0 Å². The molecule has 0 radical (unpaired) electrons. The molecule has 0 bridgehead atoms. The summed E-state index contributed by atoms with van der Waals surface area (Å²) < 4.78 is 5.71. The van der Waals surface area contributed by atoms with Crippen molar-refractivity contribution in [2.45, 2.75) is 38.2 Å². The number of thioether (sulfide) groups is 1. The van der Waals surface area contributed by atoms with Crippen molar-refractivity contribution in [2.75, 3.05) is 43.5 Å². The summed E-state index contributed by atoms with van der Waals surface area (Å²) >= 11 is 13.9. The summed E-state index contributed by atoms with van der Waals surface area (Å²) in [5.74, 6) is 2.12. The number of benzene rings is 1. The fourth-order valence-corrected chi connectivity index (χ4v) is 4.30. The van der Waals surface area contributed by atoms with Crippen molar-refractivity contribution in [2.24, 2.45) is 0 Å². The highest BCUT2D eigenvalue weighted by Crippen LogP contribution is 2.31. The standard InChI is InChI=1S/C23H33Cl2N3O2S/c24-20-15-18(16-21(25)23(20)26)22(29)17-27-9-4-1-2-6-11-30-12-14-31-13-8-19-7-3-5-10-28-19/h3,5,7,10,15-16,22,27,29H,1-2,4,6,8-9,11-14,17,26H2. The predicted octanol–water partition coefficient (Wildman–Crippen LogP) is 5.15. The van der Waals surface area contributed by atoms with Gasteiger partial charge in [-0.3, -0.25) is 4.98 Å². The number of nitrogens with one attached hydrogen (secondary N) is 1. The Kier molecular flexibility index (Phi) is 13.3. The average Bonchev–Trinajstić information content (AvgIpc) is 2.77. The molecule has 0 fully saturated rings. The second-order valence-corrected chi connectivity index (χ2v) is 9.37. The number of anilines is 1. The van der Waals surface area contributed by atoms with Gasteiger partial charge >= 0.3 is 0 Å². The van der Waals surface area contributed by atoms with Crippen LogP contribution >= 0.6 is 35.0 Å². The van der Waals surface area contributed by atoms with Crippen LogP contribution in [0, 0.1) is 0 Å². The lowest BCUT2D eigenvalue weighted by molar-refractivity contribution is 0.145. The Balaban J connectivity index is 1.37. The Bertz CT molecular complexity index is 730. The molecule has 0 aliphatic heterocycles. The molecule has 1 unspecified atom stereocenters. The van der Waals surface area contributed by atoms with Crippen molar-refractivity contribution in [3.05, 3.63) is 57.8 Å². The topological polar surface area (TPSA) is 80.4 Å². The van der Waals surface area contributed by atoms with Crippen molar-refractivity contribution < 1.29 is 9.84 Å². The molecule has 8 heteroatoms. The van der Waals surface area contributed by atoms with Crippen LogP contribution in [0.25, 0.3) is 0 Å². The zero-order valence-electron chi connectivity index (χ0n) is 17.9. The van der Waals surface area contributed by atoms with E-state index in [1.807, 2.05) is 30.1 Å². The number of hydrogen-bond acceptors (Lipinski definition) is 6. The molecule has 0 saturated heterocycles. The van der Waals surface area contributed by atoms with Gasteiger partial charge in [0, 0.05) is 30.8 Å². The maximum absolute atomic E-state index is 10.3. The predicted molar refractivity (Wildman–Crippen MR) is 133 cm³/mol. The summed E-state index contributed by atoms with van der Waals surface area (Å²) in [7, 11) is 0. The van der Waals surface area contributed by atoms with E-state index in [1.165, 1.54) is 0 Å². The Morgan fingerprint density at radius 3 is 2.58 bits per heavy atom. The van der Waals surface area contributed by atoms with E-state index < -0.39 is 6.10 Å². The lowest BCUT2D eigenvalue weighted by Crippen LogP contribution is -2.22. The summed E-state index contributed by atoms with van der Waals surface area (Å²) in [5, 5.41) is 14.3. The number of aromatic nitrogens is 1. The number of pyridine rings is 1. The smallest absolute Gasteiger partial charge is 0.0915 e. The summed E-state index contributed by atoms with van der Waals surface area (Å²) in [5.41, 5.74) is 7.89. The normalized spacial score (nSPS) is 12.2. The SMILES string of the molecule is Nc1c(Cl)cc(C(O)CNCCCCCCOCCSCCc2ccccn2)cc1Cl. The number of rotatable bonds is 16. The Morgan fingerprint density at radius 2 is 1.84 bits per heavy atom. The first-order valence-corrected chi connectivity index (χ1v) is 12.7. The van der Waals surface area contributed by atoms with Gasteiger partial charge in [0.2, 0.25) is 0 Å². The van der Waals surface area contributed by atoms with Gasteiger partial charge in [-0.2, -0.15) is 11.8 Å². The van der Waals surface area contributed by atoms with Gasteiger partial charge in [0.15, 0.2) is 0 Å². The zero-order valence-corrected chi connectivity index (χ0v) is 20.2. The van der Waals surface area contributed by atoms with E-state index in [-0.39, 0.29) is 0 Å². The van der Waals surface area contributed by atoms with Crippen LogP contribution in [0.3, 0.4) is 0 Å². The molecular formula is C23H33Cl2N3O2S. The number of aliphatic hydroxyl groups excluding tert-OH is 1. The summed E-state index contributed by atoms with van der Waals surface area (Å²) in [6, 6.07) is 9.37. The van der Waals surface area contributed by atoms with Crippen LogP contribution < -0.4 is 11.1 Å². The largest absolute Gasteiger partial charge is 0.396 e. The van der Waals surface area contributed by atoms with Crippen LogP contribution in [0.15, 0.2) is 36.5 Å². The van der Waals surface area contributed by atoms with Crippen LogP contribution in [0.1, 0.15) is 43.0 Å². The molecule has 5 nitrogen and oxygen atoms in total. The quantitative estimate of drug-likeness (QED) is 0.225. The van der Waals surface area contributed by atoms with Gasteiger partial charge in [0.25, 0.3) is 0 Å². The third kappa shape index (κ3) is 10.9. The number of aliphatic hydroxyl groups is 1. The van der Waals surface area contributed by atoms with Crippen molar-refractivity contribution in [1.82, 2.24) is 10.3 Å². The molecule has 0 amide bonds. The Morgan fingerprint density at radius 1 is 1.06 bits per heavy atom. The van der Waals surface area contributed by atoms with Crippen LogP contribution in [0.4, 0.5) is 5.69 Å². The first-order chi connectivity index (χ1) is 15.1. The molecule has 4 N–H and O–H groups in total. The third-order valence-electron chi connectivity index (χ3n) is 4.82. The maximum Gasteiger partial charge on any atom is 0.0915 e. The van der Waals surface area contributed by atoms with Crippen molar-refractivity contribution in [3.8, 4) is 0 Å². The number of hydrogen-bond donors (Lipinski definition) is 3. The van der Waals surface area contributed by atoms with Gasteiger partial charge in [-0.15, -0.1) is 0 Å². The van der Waals surface area contributed by atoms with Crippen LogP contribution in [-0.2, 0) is 11.2 Å². The number of unbranched alkanes of at least 4 members (excludes halogenated alkanes) is 3. The second kappa shape index (κ2) is 15.7. The summed E-state index contributed by atoms with van der Waals surface area (Å²) in [6.07, 6.45) is 6.65. The molecule has 0 aliphatic carbocycles. The number of nitrogens with zero attached hydrogens (tertiary/aromatic N) is 1. The Hall–Kier alpha value is -1.02. The third-order valence-corrected chi connectivity index (χ3v) is 6.39. The van der Waals surface area contributed by atoms with Gasteiger partial charge in [0.05, 0.1) is 28.4 Å². The number of halogens is 2. The molecule has 0 saturated carbocycles. The average molecular weight is 487 g/mol. The first-order valence-electron chi connectivity index (χ1n) is 10.8. The monoisotopic (exact) mass is 485 g/mol. The van der Waals surface area contributed by atoms with E-state index in [0.717, 1.165) is 69.1 Å². The molecule has 0 spiro atoms. The molecule has 1 heterocycles. The highest BCUT2D eigenvalue weighted by molar-refractivity contribution is 7.99. The fourth-order valence-electron chi connectivity index (χ4n) is 3.01. The molecule has 1 aromatic carbocycles. The van der Waals surface area contributed by atoms with E-state index in [1.54, 1.807) is 12.1 Å². The number of aryl methyl sites for hydroxylation is 1. The van der Waals surface area contributed by atoms with E-state index in [2.05, 4.69) is 16.4 Å². The van der Waals surface area contributed by atoms with Gasteiger partial charge in [0.1, 0.15) is 0 Å². The van der Waals surface area contributed by atoms with E-state index in [4.69, 9.17) is 33.7 Å². The highest BCUT2D eigenvalue weighted by atomic mass is 35.5. The molecule has 2 rings (SSSR count). The molecular weight excluding hydrogens is 453 g/mol. The molecule has 31 heavy (non-hydrogen) atoms. The van der Waals surface area contributed by atoms with Crippen LogP contribution in [-0.4, -0.2) is 47.9 Å². The molecule has 0 aliphatic rings. The lowest BCUT2D eigenvalue weighted by atomic mass is 10.1. The minimum atomic E-state index is -0.661. The second-order valence-electron chi connectivity index (χ2n) is 7.33. The van der Waals surface area contributed by atoms with E-state index in [0.29, 0.717) is 27.8 Å². The highest BCUT2D eigenvalue weighted by Gasteiger charge is 2.11. The fraction of sp³-hybridized carbons (Fsp3) is 0.522. The summed E-state index contributed by atoms with van der Waals surface area (Å²) in [6.45, 7) is 2.95. The molecule has 1 atom stereocenters. The van der Waals surface area contributed by atoms with Gasteiger partial charge < -0.3 is 20.9 Å². The zero-order chi connectivity index (χ0) is 22.3. The number of ether oxygens (including phenoxy) is 1. The minimum Gasteiger partial charge on any atom is -0.396 e.